The average molecular weight is 513 g/mol. The van der Waals surface area contributed by atoms with Gasteiger partial charge >= 0.3 is 6.09 Å². The lowest BCUT2D eigenvalue weighted by molar-refractivity contribution is 0.00830. The maximum absolute atomic E-state index is 12.4. The highest BCUT2D eigenvalue weighted by Gasteiger charge is 2.36. The number of aromatic nitrogens is 6. The number of benzene rings is 1. The zero-order valence-electron chi connectivity index (χ0n) is 21.6. The van der Waals surface area contributed by atoms with Crippen LogP contribution in [0.4, 0.5) is 16.3 Å². The zero-order valence-corrected chi connectivity index (χ0v) is 21.6. The molecule has 4 aromatic heterocycles. The first-order valence-electron chi connectivity index (χ1n) is 12.4. The number of hydrogen-bond acceptors (Lipinski definition) is 8. The molecule has 0 aliphatic carbocycles. The molecular weight excluding hydrogens is 484 g/mol. The Morgan fingerprint density at radius 2 is 1.76 bits per heavy atom. The number of likely N-dealkylation sites (tertiary alicyclic amines) is 1. The molecule has 5 heterocycles. The van der Waals surface area contributed by atoms with E-state index < -0.39 is 5.60 Å². The lowest BCUT2D eigenvalue weighted by Gasteiger charge is -2.39. The minimum absolute atomic E-state index is 0.180. The van der Waals surface area contributed by atoms with Crippen molar-refractivity contribution in [1.82, 2.24) is 34.1 Å². The molecular formula is C27H28N8O3. The minimum atomic E-state index is -0.514. The number of hydrogen-bond donors (Lipinski definition) is 1. The molecule has 0 radical (unpaired) electrons. The fraction of sp³-hybridized carbons (Fsp3) is 0.296. The van der Waals surface area contributed by atoms with Crippen LogP contribution in [0, 0.1) is 6.92 Å². The summed E-state index contributed by atoms with van der Waals surface area (Å²) in [5.41, 5.74) is 4.02. The summed E-state index contributed by atoms with van der Waals surface area (Å²) in [6.07, 6.45) is 6.48. The molecule has 1 aliphatic heterocycles. The zero-order chi connectivity index (χ0) is 26.4. The molecule has 0 spiro atoms. The van der Waals surface area contributed by atoms with Crippen LogP contribution in [0.15, 0.2) is 61.4 Å². The molecule has 0 saturated carbocycles. The third-order valence-electron chi connectivity index (χ3n) is 6.38. The minimum Gasteiger partial charge on any atom is -0.457 e. The Morgan fingerprint density at radius 1 is 1.00 bits per heavy atom. The van der Waals surface area contributed by atoms with Crippen molar-refractivity contribution < 1.29 is 14.3 Å². The van der Waals surface area contributed by atoms with E-state index in [1.54, 1.807) is 9.42 Å². The first-order valence-corrected chi connectivity index (χ1v) is 12.4. The van der Waals surface area contributed by atoms with E-state index in [1.807, 2.05) is 81.0 Å². The van der Waals surface area contributed by atoms with E-state index in [1.165, 1.54) is 12.7 Å². The van der Waals surface area contributed by atoms with Crippen molar-refractivity contribution in [2.24, 2.45) is 0 Å². The van der Waals surface area contributed by atoms with Crippen molar-refractivity contribution in [3.05, 3.63) is 72.6 Å². The predicted molar refractivity (Wildman–Crippen MR) is 141 cm³/mol. The number of rotatable bonds is 5. The fourth-order valence-corrected chi connectivity index (χ4v) is 4.52. The van der Waals surface area contributed by atoms with Gasteiger partial charge in [-0.2, -0.15) is 10.2 Å². The number of aryl methyl sites for hydroxylation is 1. The Balaban J connectivity index is 1.19. The quantitative estimate of drug-likeness (QED) is 0.352. The maximum Gasteiger partial charge on any atom is 0.410 e. The van der Waals surface area contributed by atoms with Gasteiger partial charge in [0.15, 0.2) is 11.5 Å². The molecule has 38 heavy (non-hydrogen) atoms. The summed E-state index contributed by atoms with van der Waals surface area (Å²) in [6.45, 7) is 8.79. The number of carbonyl (C=O) groups is 1. The second-order valence-electron chi connectivity index (χ2n) is 10.4. The number of carbonyl (C=O) groups excluding carboxylic acids is 1. The van der Waals surface area contributed by atoms with Crippen molar-refractivity contribution >= 4 is 28.8 Å². The summed E-state index contributed by atoms with van der Waals surface area (Å²) in [7, 11) is 0. The molecule has 5 aromatic rings. The van der Waals surface area contributed by atoms with Gasteiger partial charge in [0.25, 0.3) is 0 Å². The van der Waals surface area contributed by atoms with Crippen LogP contribution >= 0.6 is 0 Å². The van der Waals surface area contributed by atoms with E-state index in [2.05, 4.69) is 25.5 Å². The summed E-state index contributed by atoms with van der Waals surface area (Å²) < 4.78 is 15.1. The van der Waals surface area contributed by atoms with Crippen LogP contribution < -0.4 is 10.1 Å². The van der Waals surface area contributed by atoms with Gasteiger partial charge in [0.05, 0.1) is 0 Å². The maximum atomic E-state index is 12.4. The van der Waals surface area contributed by atoms with Gasteiger partial charge in [-0.1, -0.05) is 0 Å². The van der Waals surface area contributed by atoms with Gasteiger partial charge in [0.2, 0.25) is 0 Å². The molecule has 1 aliphatic rings. The average Bonchev–Trinajstić information content (AvgIpc) is 3.46. The van der Waals surface area contributed by atoms with E-state index in [0.29, 0.717) is 24.7 Å². The molecule has 0 bridgehead atoms. The van der Waals surface area contributed by atoms with Crippen LogP contribution in [0.2, 0.25) is 0 Å². The van der Waals surface area contributed by atoms with E-state index in [-0.39, 0.29) is 12.0 Å². The Morgan fingerprint density at radius 3 is 2.55 bits per heavy atom. The summed E-state index contributed by atoms with van der Waals surface area (Å²) in [4.78, 5) is 22.8. The van der Waals surface area contributed by atoms with Gasteiger partial charge in [0.1, 0.15) is 35.3 Å². The molecule has 1 fully saturated rings. The second kappa shape index (κ2) is 9.02. The van der Waals surface area contributed by atoms with Crippen LogP contribution in [0.5, 0.6) is 11.5 Å². The van der Waals surface area contributed by atoms with E-state index in [4.69, 9.17) is 9.47 Å². The number of amides is 1. The summed E-state index contributed by atoms with van der Waals surface area (Å²) in [5, 5.41) is 11.9. The number of nitrogens with zero attached hydrogens (tertiary/aromatic N) is 7. The van der Waals surface area contributed by atoms with Crippen LogP contribution in [-0.4, -0.2) is 58.9 Å². The van der Waals surface area contributed by atoms with E-state index in [0.717, 1.165) is 33.7 Å². The molecule has 194 valence electrons. The molecule has 1 amide bonds. The Bertz CT molecular complexity index is 1650. The standard InChI is InChI=1S/C27H28N8O3/c1-17-11-19(5-6-22(17)37-20-7-9-34-23(12-20)28-15-30-34)32-25-24-21(8-10-35(24)31-16-29-25)18-13-33(14-18)26(36)38-27(2,3)4/h5-12,15-16,18H,13-14H2,1-4H3,(H,29,31,32). The number of anilines is 2. The van der Waals surface area contributed by atoms with Crippen LogP contribution in [-0.2, 0) is 4.74 Å². The van der Waals surface area contributed by atoms with Gasteiger partial charge in [0, 0.05) is 43.2 Å². The first kappa shape index (κ1) is 23.7. The molecule has 1 saturated heterocycles. The predicted octanol–water partition coefficient (Wildman–Crippen LogP) is 4.95. The van der Waals surface area contributed by atoms with Crippen molar-refractivity contribution in [2.75, 3.05) is 18.4 Å². The van der Waals surface area contributed by atoms with Crippen LogP contribution in [0.3, 0.4) is 0 Å². The van der Waals surface area contributed by atoms with E-state index >= 15 is 0 Å². The van der Waals surface area contributed by atoms with Gasteiger partial charge in [-0.15, -0.1) is 0 Å². The van der Waals surface area contributed by atoms with Gasteiger partial charge in [-0.3, -0.25) is 0 Å². The lowest BCUT2D eigenvalue weighted by Crippen LogP contribution is -2.50. The second-order valence-corrected chi connectivity index (χ2v) is 10.4. The topological polar surface area (TPSA) is 111 Å². The van der Waals surface area contributed by atoms with Crippen molar-refractivity contribution in [2.45, 2.75) is 39.2 Å². The first-order chi connectivity index (χ1) is 18.2. The highest BCUT2D eigenvalue weighted by molar-refractivity contribution is 5.78. The van der Waals surface area contributed by atoms with Gasteiger partial charge in [-0.25, -0.2) is 23.8 Å². The van der Waals surface area contributed by atoms with Crippen LogP contribution in [0.1, 0.15) is 37.8 Å². The highest BCUT2D eigenvalue weighted by atomic mass is 16.6. The van der Waals surface area contributed by atoms with Gasteiger partial charge < -0.3 is 19.7 Å². The largest absolute Gasteiger partial charge is 0.457 e. The normalized spacial score (nSPS) is 14.1. The molecule has 11 heteroatoms. The third-order valence-corrected chi connectivity index (χ3v) is 6.38. The van der Waals surface area contributed by atoms with E-state index in [9.17, 15) is 4.79 Å². The molecule has 0 atom stereocenters. The molecule has 0 unspecified atom stereocenters. The lowest BCUT2D eigenvalue weighted by atomic mass is 9.92. The Kier molecular flexibility index (Phi) is 5.63. The number of ether oxygens (including phenoxy) is 2. The highest BCUT2D eigenvalue weighted by Crippen LogP contribution is 2.35. The summed E-state index contributed by atoms with van der Waals surface area (Å²) in [5.74, 6) is 2.30. The van der Waals surface area contributed by atoms with Crippen molar-refractivity contribution in [1.29, 1.82) is 0 Å². The van der Waals surface area contributed by atoms with Crippen molar-refractivity contribution in [3.8, 4) is 11.5 Å². The number of fused-ring (bicyclic) bond motifs is 2. The Hall–Kier alpha value is -4.67. The molecule has 6 rings (SSSR count). The Labute approximate surface area is 219 Å². The summed E-state index contributed by atoms with van der Waals surface area (Å²) >= 11 is 0. The number of nitrogens with one attached hydrogen (secondary N) is 1. The molecule has 1 N–H and O–H groups in total. The fourth-order valence-electron chi connectivity index (χ4n) is 4.52. The van der Waals surface area contributed by atoms with Gasteiger partial charge in [-0.05, 0) is 69.2 Å². The van der Waals surface area contributed by atoms with Crippen molar-refractivity contribution in [3.63, 3.8) is 0 Å². The summed E-state index contributed by atoms with van der Waals surface area (Å²) in [6, 6.07) is 11.6. The molecule has 1 aromatic carbocycles. The smallest absolute Gasteiger partial charge is 0.410 e. The SMILES string of the molecule is Cc1cc(Nc2ncnn3ccc(C4CN(C(=O)OC(C)(C)C)C4)c23)ccc1Oc1ccn2ncnc2c1. The molecule has 11 nitrogen and oxygen atoms in total. The monoisotopic (exact) mass is 512 g/mol. The van der Waals surface area contributed by atoms with Crippen LogP contribution in [0.25, 0.3) is 11.2 Å². The third kappa shape index (κ3) is 4.58. The number of pyridine rings is 1.